The first-order chi connectivity index (χ1) is 37.7. The van der Waals surface area contributed by atoms with Crippen molar-refractivity contribution in [2.75, 3.05) is 27.0 Å². The first kappa shape index (κ1) is 68.8. The fraction of sp³-hybridized carbons (Fsp3) is 0.943. The van der Waals surface area contributed by atoms with Crippen LogP contribution >= 0.6 is 0 Å². The van der Waals surface area contributed by atoms with E-state index in [-0.39, 0.29) is 89.6 Å². The summed E-state index contributed by atoms with van der Waals surface area (Å²) in [5, 5.41) is 0. The highest BCUT2D eigenvalue weighted by atomic mass is 16.7. The molecule has 12 heteroatoms. The van der Waals surface area contributed by atoms with Crippen molar-refractivity contribution in [2.24, 2.45) is 95.1 Å². The fourth-order valence-corrected chi connectivity index (χ4v) is 17.5. The molecule has 474 valence electrons. The van der Waals surface area contributed by atoms with Gasteiger partial charge in [-0.25, -0.2) is 0 Å². The Morgan fingerprint density at radius 3 is 1.24 bits per heavy atom. The molecule has 0 amide bonds. The summed E-state index contributed by atoms with van der Waals surface area (Å²) in [6.07, 6.45) is 22.9. The van der Waals surface area contributed by atoms with E-state index in [9.17, 15) is 19.2 Å². The minimum Gasteiger partial charge on any atom is -0.438 e. The Kier molecular flexibility index (Phi) is 21.4. The van der Waals surface area contributed by atoms with E-state index in [0.29, 0.717) is 10.8 Å². The topological polar surface area (TPSA) is 142 Å². The second-order valence-electron chi connectivity index (χ2n) is 33.5. The third kappa shape index (κ3) is 14.5. The average Bonchev–Trinajstić information content (AvgIpc) is 4.38. The Labute approximate surface area is 499 Å². The van der Waals surface area contributed by atoms with Crippen molar-refractivity contribution in [1.82, 2.24) is 0 Å². The minimum atomic E-state index is -0.469. The largest absolute Gasteiger partial charge is 0.438 e. The van der Waals surface area contributed by atoms with Crippen LogP contribution < -0.4 is 0 Å². The summed E-state index contributed by atoms with van der Waals surface area (Å²) in [5.74, 6) is 4.45. The molecular weight excluding hydrogens is 1030 g/mol. The Hall–Kier alpha value is -2.28. The molecule has 10 atom stereocenters. The molecule has 10 saturated carbocycles. The van der Waals surface area contributed by atoms with Crippen LogP contribution in [0.1, 0.15) is 274 Å². The van der Waals surface area contributed by atoms with Crippen molar-refractivity contribution in [3.8, 4) is 0 Å². The van der Waals surface area contributed by atoms with Gasteiger partial charge < -0.3 is 37.9 Å². The second-order valence-corrected chi connectivity index (χ2v) is 33.5. The van der Waals surface area contributed by atoms with Crippen LogP contribution in [0.25, 0.3) is 0 Å². The van der Waals surface area contributed by atoms with E-state index in [4.69, 9.17) is 37.9 Å². The van der Waals surface area contributed by atoms with Gasteiger partial charge in [-0.1, -0.05) is 90.0 Å². The van der Waals surface area contributed by atoms with Gasteiger partial charge in [0.15, 0.2) is 26.7 Å². The van der Waals surface area contributed by atoms with Crippen molar-refractivity contribution in [3.05, 3.63) is 0 Å². The lowest BCUT2D eigenvalue weighted by Gasteiger charge is -2.56. The highest BCUT2D eigenvalue weighted by molar-refractivity contribution is 5.77. The van der Waals surface area contributed by atoms with Crippen LogP contribution in [0.5, 0.6) is 0 Å². The van der Waals surface area contributed by atoms with Crippen LogP contribution in [0, 0.1) is 95.1 Å². The molecule has 10 aliphatic carbocycles. The van der Waals surface area contributed by atoms with Gasteiger partial charge in [0, 0.05) is 0 Å². The molecule has 10 bridgehead atoms. The first-order valence-corrected chi connectivity index (χ1v) is 32.9. The number of hydrogen-bond donors (Lipinski definition) is 0. The summed E-state index contributed by atoms with van der Waals surface area (Å²) < 4.78 is 45.5. The molecular formula is C70H122O12. The lowest BCUT2D eigenvalue weighted by molar-refractivity contribution is -0.219. The van der Waals surface area contributed by atoms with Crippen LogP contribution in [-0.4, -0.2) is 75.5 Å². The lowest BCUT2D eigenvalue weighted by Crippen LogP contribution is -2.48. The molecule has 10 fully saturated rings. The third-order valence-electron chi connectivity index (χ3n) is 25.1. The summed E-state index contributed by atoms with van der Waals surface area (Å²) in [6.45, 7) is 47.3. The van der Waals surface area contributed by atoms with E-state index in [0.717, 1.165) is 74.2 Å². The van der Waals surface area contributed by atoms with Crippen LogP contribution in [0.2, 0.25) is 0 Å². The SMILES string of the molecule is CCC(C)(C)C(=O)OC(C)OC1C2(C)CCC(C2)C1(C)C.CCC(C)(C)C(=O)OCOC1C2(C)CCC(C2)C1(C)C.CCC(C)(C)C(=O)OCOC1CC2CCC1(C)C2(C)C.CCC(C)(C)C(=O)OCOCC12CC3CC(CC(C3)C1)C2. The number of hydrogen-bond acceptors (Lipinski definition) is 12. The van der Waals surface area contributed by atoms with Crippen molar-refractivity contribution >= 4 is 23.9 Å². The molecule has 0 saturated heterocycles. The summed E-state index contributed by atoms with van der Waals surface area (Å²) in [7, 11) is 0. The van der Waals surface area contributed by atoms with Gasteiger partial charge in [0.2, 0.25) is 0 Å². The molecule has 10 aliphatic rings. The van der Waals surface area contributed by atoms with Gasteiger partial charge in [0.25, 0.3) is 0 Å². The van der Waals surface area contributed by atoms with E-state index in [1.165, 1.54) is 89.9 Å². The molecule has 0 radical (unpaired) electrons. The summed E-state index contributed by atoms with van der Waals surface area (Å²) >= 11 is 0. The van der Waals surface area contributed by atoms with Gasteiger partial charge in [0.1, 0.15) is 0 Å². The Bertz CT molecular complexity index is 2140. The lowest BCUT2D eigenvalue weighted by atomic mass is 9.50. The Morgan fingerprint density at radius 2 is 0.866 bits per heavy atom. The highest BCUT2D eigenvalue weighted by Crippen LogP contribution is 2.67. The molecule has 0 N–H and O–H groups in total. The Morgan fingerprint density at radius 1 is 0.476 bits per heavy atom. The van der Waals surface area contributed by atoms with E-state index >= 15 is 0 Å². The standard InChI is InChI=1S/C18H30O3.C18H32O3.2C17H30O3/c1-4-17(2,3)16(19)21-12-20-11-18-8-13-5-14(9-18)7-15(6-13)10-18;1-8-16(3,4)15(19)21-12(2)20-14-17(5,6)13-9-10-18(14,7)11-13;1-7-15(2,3)14(18)20-11-19-13-16(4,5)12-8-9-17(13,6)10-12;1-7-15(2,3)14(18)20-11-19-13-10-12-8-9-17(13,6)16(12,4)5/h13-15H,4-12H2,1-3H3;12-14H,8-11H2,1-7H3;2*12-13H,7-11H2,1-6H3. The number of esters is 4. The zero-order valence-electron chi connectivity index (χ0n) is 56.4. The number of carbonyl (C=O) groups is 4. The van der Waals surface area contributed by atoms with Crippen LogP contribution in [0.3, 0.4) is 0 Å². The molecule has 10 unspecified atom stereocenters. The number of carbonyl (C=O) groups excluding carboxylic acids is 4. The molecule has 82 heavy (non-hydrogen) atoms. The summed E-state index contributed by atoms with van der Waals surface area (Å²) in [6, 6.07) is 0. The zero-order valence-corrected chi connectivity index (χ0v) is 56.4. The number of ether oxygens (including phenoxy) is 8. The van der Waals surface area contributed by atoms with Gasteiger partial charge in [-0.15, -0.1) is 0 Å². The van der Waals surface area contributed by atoms with Crippen LogP contribution in [0.15, 0.2) is 0 Å². The molecule has 0 heterocycles. The molecule has 0 spiro atoms. The third-order valence-corrected chi connectivity index (χ3v) is 25.1. The highest BCUT2D eigenvalue weighted by Gasteiger charge is 2.63. The second kappa shape index (κ2) is 25.4. The van der Waals surface area contributed by atoms with Crippen LogP contribution in [-0.2, 0) is 57.1 Å². The van der Waals surface area contributed by atoms with Gasteiger partial charge in [-0.2, -0.15) is 0 Å². The molecule has 12 nitrogen and oxygen atoms in total. The average molecular weight is 1160 g/mol. The first-order valence-electron chi connectivity index (χ1n) is 32.9. The molecule has 0 aromatic heterocycles. The zero-order chi connectivity index (χ0) is 61.5. The van der Waals surface area contributed by atoms with Crippen LogP contribution in [0.4, 0.5) is 0 Å². The van der Waals surface area contributed by atoms with Crippen molar-refractivity contribution in [1.29, 1.82) is 0 Å². The van der Waals surface area contributed by atoms with Crippen molar-refractivity contribution < 1.29 is 57.1 Å². The van der Waals surface area contributed by atoms with E-state index in [1.54, 1.807) is 0 Å². The predicted molar refractivity (Wildman–Crippen MR) is 324 cm³/mol. The van der Waals surface area contributed by atoms with E-state index < -0.39 is 27.9 Å². The number of fused-ring (bicyclic) bond motifs is 6. The predicted octanol–water partition coefficient (Wildman–Crippen LogP) is 17.0. The summed E-state index contributed by atoms with van der Waals surface area (Å²) in [4.78, 5) is 48.0. The van der Waals surface area contributed by atoms with Gasteiger partial charge in [-0.3, -0.25) is 19.2 Å². The minimum absolute atomic E-state index is 0.0959. The molecule has 0 aromatic carbocycles. The normalized spacial score (nSPS) is 36.0. The van der Waals surface area contributed by atoms with Crippen molar-refractivity contribution in [3.63, 3.8) is 0 Å². The fourth-order valence-electron chi connectivity index (χ4n) is 17.5. The van der Waals surface area contributed by atoms with E-state index in [2.05, 4.69) is 62.3 Å². The maximum atomic E-state index is 12.2. The Balaban J connectivity index is 0.000000176. The molecule has 0 aromatic rings. The summed E-state index contributed by atoms with van der Waals surface area (Å²) in [5.41, 5.74) is 0.175. The van der Waals surface area contributed by atoms with Gasteiger partial charge in [0.05, 0.1) is 46.6 Å². The molecule has 10 rings (SSSR count). The quantitative estimate of drug-likeness (QED) is 0.0467. The van der Waals surface area contributed by atoms with Crippen molar-refractivity contribution in [2.45, 2.75) is 299 Å². The smallest absolute Gasteiger partial charge is 0.313 e. The monoisotopic (exact) mass is 1150 g/mol. The van der Waals surface area contributed by atoms with Gasteiger partial charge >= 0.3 is 23.9 Å². The number of rotatable bonds is 21. The van der Waals surface area contributed by atoms with E-state index in [1.807, 2.05) is 90.0 Å². The molecule has 0 aliphatic heterocycles. The maximum absolute atomic E-state index is 12.2. The van der Waals surface area contributed by atoms with Gasteiger partial charge in [-0.05, 0) is 258 Å². The maximum Gasteiger partial charge on any atom is 0.313 e.